The molecule has 13 heteroatoms. The fourth-order valence-electron chi connectivity index (χ4n) is 3.88. The van der Waals surface area contributed by atoms with Crippen LogP contribution in [0.25, 0.3) is 5.69 Å². The summed E-state index contributed by atoms with van der Waals surface area (Å²) in [4.78, 5) is 44.3. The molecule has 1 aliphatic heterocycles. The van der Waals surface area contributed by atoms with E-state index in [-0.39, 0.29) is 29.4 Å². The van der Waals surface area contributed by atoms with Crippen LogP contribution in [-0.2, 0) is 22.4 Å². The van der Waals surface area contributed by atoms with E-state index in [2.05, 4.69) is 10.3 Å². The lowest BCUT2D eigenvalue weighted by atomic mass is 10.0. The van der Waals surface area contributed by atoms with E-state index in [1.165, 1.54) is 12.0 Å². The summed E-state index contributed by atoms with van der Waals surface area (Å²) < 4.78 is 21.9. The third-order valence-corrected chi connectivity index (χ3v) is 6.66. The largest absolute Gasteiger partial charge is 0.854 e. The highest BCUT2D eigenvalue weighted by Gasteiger charge is 2.33. The molecule has 1 amide bonds. The fourth-order valence-corrected chi connectivity index (χ4v) is 5.10. The van der Waals surface area contributed by atoms with Crippen LogP contribution in [0, 0.1) is 0 Å². The Labute approximate surface area is 222 Å². The molecule has 2 aromatic heterocycles. The van der Waals surface area contributed by atoms with Crippen molar-refractivity contribution in [2.24, 2.45) is 4.99 Å². The summed E-state index contributed by atoms with van der Waals surface area (Å²) in [5.41, 5.74) is -0.730. The van der Waals surface area contributed by atoms with Crippen molar-refractivity contribution in [3.63, 3.8) is 0 Å². The van der Waals surface area contributed by atoms with E-state index in [9.17, 15) is 19.5 Å². The van der Waals surface area contributed by atoms with Gasteiger partial charge in [0.25, 0.3) is 0 Å². The van der Waals surface area contributed by atoms with Crippen molar-refractivity contribution in [1.29, 1.82) is 0 Å². The SMILES string of the molecule is CCOC(=O)c1c(/N=C(\[O-])c2c(=O)o[nH][n+]2-c2ccc(OC)cc2)sc2c1CCN(C(=O)OC(C)(C)C)C2. The predicted molar refractivity (Wildman–Crippen MR) is 134 cm³/mol. The number of esters is 1. The monoisotopic (exact) mass is 544 g/mol. The first kappa shape index (κ1) is 26.9. The van der Waals surface area contributed by atoms with Gasteiger partial charge >= 0.3 is 23.4 Å². The molecule has 4 rings (SSSR count). The van der Waals surface area contributed by atoms with E-state index in [1.807, 2.05) is 0 Å². The zero-order chi connectivity index (χ0) is 27.6. The molecule has 0 spiro atoms. The topological polar surface area (TPSA) is 150 Å². The number of aliphatic imine (C=N–C) groups is 1. The molecule has 0 fully saturated rings. The molecular weight excluding hydrogens is 516 g/mol. The van der Waals surface area contributed by atoms with Crippen molar-refractivity contribution in [1.82, 2.24) is 10.2 Å². The molecule has 1 aromatic carbocycles. The average molecular weight is 545 g/mol. The molecule has 0 unspecified atom stereocenters. The van der Waals surface area contributed by atoms with Crippen molar-refractivity contribution in [2.75, 3.05) is 20.3 Å². The van der Waals surface area contributed by atoms with Gasteiger partial charge in [-0.3, -0.25) is 4.52 Å². The third kappa shape index (κ3) is 5.57. The van der Waals surface area contributed by atoms with Gasteiger partial charge in [-0.05, 0) is 61.8 Å². The van der Waals surface area contributed by atoms with Crippen LogP contribution in [0.1, 0.15) is 54.2 Å². The lowest BCUT2D eigenvalue weighted by molar-refractivity contribution is -0.673. The lowest BCUT2D eigenvalue weighted by Gasteiger charge is -2.30. The van der Waals surface area contributed by atoms with Crippen LogP contribution in [0.15, 0.2) is 38.6 Å². The molecule has 0 aliphatic carbocycles. The number of thiophene rings is 1. The molecule has 3 aromatic rings. The van der Waals surface area contributed by atoms with E-state index < -0.39 is 29.2 Å². The maximum atomic E-state index is 13.3. The molecule has 0 bridgehead atoms. The van der Waals surface area contributed by atoms with Crippen LogP contribution in [-0.4, -0.2) is 54.0 Å². The molecule has 0 saturated heterocycles. The average Bonchev–Trinajstić information content (AvgIpc) is 3.42. The molecule has 38 heavy (non-hydrogen) atoms. The number of fused-ring (bicyclic) bond motifs is 1. The van der Waals surface area contributed by atoms with Crippen LogP contribution in [0.2, 0.25) is 0 Å². The van der Waals surface area contributed by atoms with Crippen molar-refractivity contribution < 1.29 is 38.1 Å². The van der Waals surface area contributed by atoms with Gasteiger partial charge in [0.15, 0.2) is 0 Å². The number of hydrogen-bond acceptors (Lipinski definition) is 10. The summed E-state index contributed by atoms with van der Waals surface area (Å²) in [6, 6.07) is 6.56. The maximum absolute atomic E-state index is 13.3. The van der Waals surface area contributed by atoms with Crippen molar-refractivity contribution in [3.05, 3.63) is 56.4 Å². The number of aromatic amines is 1. The van der Waals surface area contributed by atoms with Gasteiger partial charge in [-0.2, -0.15) is 0 Å². The summed E-state index contributed by atoms with van der Waals surface area (Å²) in [5.74, 6) is -0.961. The van der Waals surface area contributed by atoms with Gasteiger partial charge in [0.1, 0.15) is 16.4 Å². The number of aromatic nitrogens is 2. The van der Waals surface area contributed by atoms with Crippen LogP contribution in [0.4, 0.5) is 9.80 Å². The summed E-state index contributed by atoms with van der Waals surface area (Å²) in [7, 11) is 1.52. The van der Waals surface area contributed by atoms with Crippen molar-refractivity contribution in [3.8, 4) is 11.4 Å². The number of hydrogen-bond donors (Lipinski definition) is 1. The maximum Gasteiger partial charge on any atom is 0.436 e. The Morgan fingerprint density at radius 2 is 1.97 bits per heavy atom. The molecule has 202 valence electrons. The molecule has 0 atom stereocenters. The minimum atomic E-state index is -0.926. The van der Waals surface area contributed by atoms with Gasteiger partial charge in [-0.25, -0.2) is 19.4 Å². The Morgan fingerprint density at radius 1 is 1.26 bits per heavy atom. The molecule has 1 N–H and O–H groups in total. The van der Waals surface area contributed by atoms with Crippen molar-refractivity contribution in [2.45, 2.75) is 46.3 Å². The zero-order valence-electron chi connectivity index (χ0n) is 21.7. The van der Waals surface area contributed by atoms with Crippen molar-refractivity contribution >= 4 is 34.3 Å². The number of amides is 1. The second kappa shape index (κ2) is 10.7. The number of H-pyrrole nitrogens is 1. The number of benzene rings is 1. The highest BCUT2D eigenvalue weighted by Crippen LogP contribution is 2.40. The Kier molecular flexibility index (Phi) is 7.58. The number of methoxy groups -OCH3 is 1. The molecular formula is C25H28N4O8S. The first-order chi connectivity index (χ1) is 18.0. The van der Waals surface area contributed by atoms with Crippen LogP contribution < -0.4 is 20.2 Å². The number of carbonyl (C=O) groups is 2. The van der Waals surface area contributed by atoms with E-state index in [1.54, 1.807) is 52.0 Å². The molecule has 0 radical (unpaired) electrons. The molecule has 3 heterocycles. The first-order valence-corrected chi connectivity index (χ1v) is 12.7. The highest BCUT2D eigenvalue weighted by molar-refractivity contribution is 7.16. The standard InChI is InChI=1S/C25H28N4O8S/c1-6-35-22(31)18-16-11-12-28(24(33)36-25(2,3)4)13-17(16)38-21(18)26-20(30)19-23(32)37-27-29(19)14-7-9-15(34-5)10-8-14/h7-10H,6,11-13H2,1-5H3,(H-,26,27,30,31,32). The Bertz CT molecular complexity index is 1430. The van der Waals surface area contributed by atoms with Gasteiger partial charge in [-0.1, -0.05) is 0 Å². The summed E-state index contributed by atoms with van der Waals surface area (Å²) in [6.07, 6.45) is -0.129. The second-order valence-corrected chi connectivity index (χ2v) is 10.4. The minimum absolute atomic E-state index is 0.0892. The fraction of sp³-hybridized carbons (Fsp3) is 0.400. The molecule has 12 nitrogen and oxygen atoms in total. The number of ether oxygens (including phenoxy) is 3. The van der Waals surface area contributed by atoms with Crippen LogP contribution in [0.3, 0.4) is 0 Å². The number of rotatable bonds is 6. The molecule has 1 aliphatic rings. The number of carbonyl (C=O) groups excluding carboxylic acids is 2. The summed E-state index contributed by atoms with van der Waals surface area (Å²) >= 11 is 1.09. The van der Waals surface area contributed by atoms with Gasteiger partial charge in [0, 0.05) is 23.6 Å². The van der Waals surface area contributed by atoms with E-state index in [4.69, 9.17) is 18.7 Å². The Balaban J connectivity index is 1.73. The smallest absolute Gasteiger partial charge is 0.436 e. The van der Waals surface area contributed by atoms with E-state index in [0.29, 0.717) is 34.8 Å². The van der Waals surface area contributed by atoms with E-state index in [0.717, 1.165) is 16.0 Å². The number of nitrogens with zero attached hydrogens (tertiary/aromatic N) is 3. The zero-order valence-corrected chi connectivity index (χ0v) is 22.5. The van der Waals surface area contributed by atoms with Gasteiger partial charge in [-0.15, -0.1) is 11.3 Å². The second-order valence-electron chi connectivity index (χ2n) is 9.34. The predicted octanol–water partition coefficient (Wildman–Crippen LogP) is 2.22. The van der Waals surface area contributed by atoms with Crippen LogP contribution >= 0.6 is 11.3 Å². The van der Waals surface area contributed by atoms with E-state index >= 15 is 0 Å². The first-order valence-electron chi connectivity index (χ1n) is 11.9. The van der Waals surface area contributed by atoms with Crippen LogP contribution in [0.5, 0.6) is 5.75 Å². The summed E-state index contributed by atoms with van der Waals surface area (Å²) in [5, 5.41) is 15.8. The third-order valence-electron chi connectivity index (χ3n) is 5.55. The normalized spacial score (nSPS) is 13.7. The minimum Gasteiger partial charge on any atom is -0.854 e. The Morgan fingerprint density at radius 3 is 2.61 bits per heavy atom. The van der Waals surface area contributed by atoms with Gasteiger partial charge in [0.05, 0.1) is 31.7 Å². The Hall–Kier alpha value is -4.13. The highest BCUT2D eigenvalue weighted by atomic mass is 32.1. The molecule has 0 saturated carbocycles. The van der Waals surface area contributed by atoms with Gasteiger partial charge in [0.2, 0.25) is 5.69 Å². The summed E-state index contributed by atoms with van der Waals surface area (Å²) in [6.45, 7) is 7.64. The van der Waals surface area contributed by atoms with Gasteiger partial charge < -0.3 is 24.2 Å². The number of nitrogens with one attached hydrogen (secondary N) is 1. The lowest BCUT2D eigenvalue weighted by Crippen LogP contribution is -2.44. The quantitative estimate of drug-likeness (QED) is 0.215.